The molecule has 0 aliphatic rings. The molecule has 0 aliphatic carbocycles. The van der Waals surface area contributed by atoms with Crippen LogP contribution in [0.1, 0.15) is 23.8 Å². The Kier molecular flexibility index (Phi) is 5.91. The molecule has 1 unspecified atom stereocenters. The van der Waals surface area contributed by atoms with E-state index in [9.17, 15) is 4.79 Å². The molecule has 1 N–H and O–H groups in total. The maximum Gasteiger partial charge on any atom is 0.253 e. The number of aromatic nitrogens is 1. The molecule has 0 spiro atoms. The highest BCUT2D eigenvalue weighted by molar-refractivity contribution is 5.82. The number of pyridine rings is 1. The first-order valence-corrected chi connectivity index (χ1v) is 7.06. The van der Waals surface area contributed by atoms with Crippen LogP contribution in [-0.4, -0.2) is 24.5 Å². The Morgan fingerprint density at radius 2 is 1.95 bits per heavy atom. The Labute approximate surface area is 125 Å². The van der Waals surface area contributed by atoms with Gasteiger partial charge in [0.05, 0.1) is 0 Å². The fourth-order valence-corrected chi connectivity index (χ4v) is 2.14. The summed E-state index contributed by atoms with van der Waals surface area (Å²) >= 11 is 0. The second-order valence-electron chi connectivity index (χ2n) is 4.74. The Hall–Kier alpha value is -2.20. The van der Waals surface area contributed by atoms with Crippen molar-refractivity contribution in [2.24, 2.45) is 0 Å². The number of nitrogens with one attached hydrogen (secondary N) is 1. The number of hydrogen-bond donors (Lipinski definition) is 1. The van der Waals surface area contributed by atoms with Gasteiger partial charge in [-0.15, -0.1) is 0 Å². The first-order chi connectivity index (χ1) is 10.3. The van der Waals surface area contributed by atoms with E-state index >= 15 is 0 Å². The van der Waals surface area contributed by atoms with Crippen LogP contribution in [0.2, 0.25) is 0 Å². The predicted molar refractivity (Wildman–Crippen MR) is 81.8 cm³/mol. The van der Waals surface area contributed by atoms with Gasteiger partial charge in [0.25, 0.3) is 5.91 Å². The van der Waals surface area contributed by atoms with E-state index in [0.717, 1.165) is 24.1 Å². The van der Waals surface area contributed by atoms with Crippen molar-refractivity contribution in [3.63, 3.8) is 0 Å². The van der Waals surface area contributed by atoms with Crippen LogP contribution >= 0.6 is 0 Å². The summed E-state index contributed by atoms with van der Waals surface area (Å²) in [4.78, 5) is 16.4. The molecule has 1 heterocycles. The fraction of sp³-hybridized carbons (Fsp3) is 0.294. The van der Waals surface area contributed by atoms with Crippen LogP contribution < -0.4 is 5.32 Å². The lowest BCUT2D eigenvalue weighted by molar-refractivity contribution is -0.131. The number of carbonyl (C=O) groups is 1. The van der Waals surface area contributed by atoms with Crippen molar-refractivity contribution in [3.8, 4) is 0 Å². The van der Waals surface area contributed by atoms with E-state index in [4.69, 9.17) is 4.74 Å². The van der Waals surface area contributed by atoms with Crippen molar-refractivity contribution in [2.45, 2.75) is 18.9 Å². The van der Waals surface area contributed by atoms with Gasteiger partial charge in [-0.25, -0.2) is 0 Å². The molecule has 110 valence electrons. The van der Waals surface area contributed by atoms with E-state index in [1.54, 1.807) is 13.3 Å². The number of carbonyl (C=O) groups excluding carboxylic acids is 1. The summed E-state index contributed by atoms with van der Waals surface area (Å²) in [5, 5.41) is 2.91. The minimum Gasteiger partial charge on any atom is -0.367 e. The van der Waals surface area contributed by atoms with Crippen molar-refractivity contribution in [2.75, 3.05) is 13.7 Å². The molecule has 4 heteroatoms. The van der Waals surface area contributed by atoms with Crippen molar-refractivity contribution in [1.82, 2.24) is 10.3 Å². The molecule has 21 heavy (non-hydrogen) atoms. The van der Waals surface area contributed by atoms with Crippen LogP contribution in [0.25, 0.3) is 0 Å². The van der Waals surface area contributed by atoms with Gasteiger partial charge in [-0.1, -0.05) is 36.4 Å². The van der Waals surface area contributed by atoms with E-state index in [2.05, 4.69) is 10.3 Å². The lowest BCUT2D eigenvalue weighted by atomic mass is 10.1. The summed E-state index contributed by atoms with van der Waals surface area (Å²) in [6.07, 6.45) is 2.93. The van der Waals surface area contributed by atoms with Crippen LogP contribution in [0.4, 0.5) is 0 Å². The van der Waals surface area contributed by atoms with Gasteiger partial charge in [0.15, 0.2) is 6.10 Å². The molecule has 0 aliphatic heterocycles. The number of rotatable bonds is 7. The van der Waals surface area contributed by atoms with Gasteiger partial charge in [-0.2, -0.15) is 0 Å². The fourth-order valence-electron chi connectivity index (χ4n) is 2.14. The highest BCUT2D eigenvalue weighted by atomic mass is 16.5. The van der Waals surface area contributed by atoms with Gasteiger partial charge >= 0.3 is 0 Å². The topological polar surface area (TPSA) is 51.2 Å². The second kappa shape index (κ2) is 8.17. The normalized spacial score (nSPS) is 11.9. The zero-order valence-electron chi connectivity index (χ0n) is 12.2. The van der Waals surface area contributed by atoms with E-state index in [1.165, 1.54) is 0 Å². The average Bonchev–Trinajstić information content (AvgIpc) is 2.54. The Morgan fingerprint density at radius 3 is 2.62 bits per heavy atom. The lowest BCUT2D eigenvalue weighted by Crippen LogP contribution is -2.31. The Balaban J connectivity index is 1.78. The molecular formula is C17H20N2O2. The molecule has 1 amide bonds. The first-order valence-electron chi connectivity index (χ1n) is 7.06. The summed E-state index contributed by atoms with van der Waals surface area (Å²) in [5.74, 6) is -0.107. The van der Waals surface area contributed by atoms with Gasteiger partial charge in [0, 0.05) is 25.5 Å². The summed E-state index contributed by atoms with van der Waals surface area (Å²) in [7, 11) is 1.55. The maximum atomic E-state index is 12.1. The second-order valence-corrected chi connectivity index (χ2v) is 4.74. The number of methoxy groups -OCH3 is 1. The molecule has 1 atom stereocenters. The Bertz CT molecular complexity index is 543. The number of nitrogens with zero attached hydrogens (tertiary/aromatic N) is 1. The summed E-state index contributed by atoms with van der Waals surface area (Å²) in [6, 6.07) is 15.4. The largest absolute Gasteiger partial charge is 0.367 e. The van der Waals surface area contributed by atoms with E-state index < -0.39 is 6.10 Å². The van der Waals surface area contributed by atoms with Gasteiger partial charge in [-0.05, 0) is 30.5 Å². The van der Waals surface area contributed by atoms with Gasteiger partial charge < -0.3 is 10.1 Å². The zero-order valence-corrected chi connectivity index (χ0v) is 12.2. The minimum absolute atomic E-state index is 0.107. The number of hydrogen-bond acceptors (Lipinski definition) is 3. The van der Waals surface area contributed by atoms with E-state index in [-0.39, 0.29) is 5.91 Å². The van der Waals surface area contributed by atoms with Crippen molar-refractivity contribution >= 4 is 5.91 Å². The highest BCUT2D eigenvalue weighted by Crippen LogP contribution is 2.16. The molecule has 0 bridgehead atoms. The smallest absolute Gasteiger partial charge is 0.253 e. The third kappa shape index (κ3) is 4.68. The van der Waals surface area contributed by atoms with Crippen molar-refractivity contribution in [1.29, 1.82) is 0 Å². The third-order valence-corrected chi connectivity index (χ3v) is 3.21. The molecule has 1 aromatic carbocycles. The summed E-state index contributed by atoms with van der Waals surface area (Å²) < 4.78 is 5.29. The van der Waals surface area contributed by atoms with Crippen LogP contribution in [0, 0.1) is 0 Å². The molecular weight excluding hydrogens is 264 g/mol. The number of benzene rings is 1. The summed E-state index contributed by atoms with van der Waals surface area (Å²) in [6.45, 7) is 0.613. The minimum atomic E-state index is -0.555. The monoisotopic (exact) mass is 284 g/mol. The molecule has 0 saturated carbocycles. The third-order valence-electron chi connectivity index (χ3n) is 3.21. The quantitative estimate of drug-likeness (QED) is 0.795. The maximum absolute atomic E-state index is 12.1. The predicted octanol–water partition coefficient (Wildman–Crippen LogP) is 2.52. The lowest BCUT2D eigenvalue weighted by Gasteiger charge is -2.15. The number of ether oxygens (including phenoxy) is 1. The Morgan fingerprint density at radius 1 is 1.19 bits per heavy atom. The molecule has 1 aromatic heterocycles. The van der Waals surface area contributed by atoms with Crippen molar-refractivity contribution < 1.29 is 9.53 Å². The van der Waals surface area contributed by atoms with Crippen LogP contribution in [0.15, 0.2) is 54.7 Å². The number of amides is 1. The van der Waals surface area contributed by atoms with Gasteiger partial charge in [0.2, 0.25) is 0 Å². The first kappa shape index (κ1) is 15.2. The van der Waals surface area contributed by atoms with Crippen LogP contribution in [-0.2, 0) is 16.0 Å². The molecule has 0 saturated heterocycles. The summed E-state index contributed by atoms with van der Waals surface area (Å²) in [5.41, 5.74) is 1.90. The number of aryl methyl sites for hydroxylation is 1. The van der Waals surface area contributed by atoms with E-state index in [0.29, 0.717) is 6.54 Å². The average molecular weight is 284 g/mol. The van der Waals surface area contributed by atoms with Crippen LogP contribution in [0.3, 0.4) is 0 Å². The molecule has 0 fully saturated rings. The SMILES string of the molecule is COC(C(=O)NCCCc1ccccn1)c1ccccc1. The van der Waals surface area contributed by atoms with Gasteiger partial charge in [0.1, 0.15) is 0 Å². The van der Waals surface area contributed by atoms with Crippen molar-refractivity contribution in [3.05, 3.63) is 66.0 Å². The molecule has 0 radical (unpaired) electrons. The molecule has 2 rings (SSSR count). The molecule has 2 aromatic rings. The molecule has 4 nitrogen and oxygen atoms in total. The standard InChI is InChI=1S/C17H20N2O2/c1-21-16(14-8-3-2-4-9-14)17(20)19-13-7-11-15-10-5-6-12-18-15/h2-6,8-10,12,16H,7,11,13H2,1H3,(H,19,20). The highest BCUT2D eigenvalue weighted by Gasteiger charge is 2.18. The zero-order chi connectivity index (χ0) is 14.9. The van der Waals surface area contributed by atoms with Crippen LogP contribution in [0.5, 0.6) is 0 Å². The van der Waals surface area contributed by atoms with E-state index in [1.807, 2.05) is 48.5 Å². The van der Waals surface area contributed by atoms with Gasteiger partial charge in [-0.3, -0.25) is 9.78 Å².